The molecule has 2 aromatic rings. The van der Waals surface area contributed by atoms with Gasteiger partial charge in [-0.2, -0.15) is 0 Å². The van der Waals surface area contributed by atoms with Gasteiger partial charge < -0.3 is 14.5 Å². The van der Waals surface area contributed by atoms with Crippen LogP contribution in [-0.4, -0.2) is 17.1 Å². The molecule has 0 aliphatic rings. The van der Waals surface area contributed by atoms with Gasteiger partial charge in [0, 0.05) is 6.07 Å². The predicted molar refractivity (Wildman–Crippen MR) is 80.7 cm³/mol. The van der Waals surface area contributed by atoms with Crippen molar-refractivity contribution in [3.05, 3.63) is 53.9 Å². The summed E-state index contributed by atoms with van der Waals surface area (Å²) < 4.78 is 23.9. The Balaban J connectivity index is 2.16. The maximum atomic E-state index is 13.3. The van der Waals surface area contributed by atoms with Crippen LogP contribution >= 0.6 is 0 Å². The maximum absolute atomic E-state index is 13.3. The first-order valence-corrected chi connectivity index (χ1v) is 6.48. The Morgan fingerprint density at radius 2 is 2.19 bits per heavy atom. The SMILES string of the molecule is C=Cc1nc(COc2cc(F)ccc2OC)[nH]c1/C=C\C. The van der Waals surface area contributed by atoms with E-state index in [1.54, 1.807) is 6.08 Å². The van der Waals surface area contributed by atoms with Gasteiger partial charge >= 0.3 is 0 Å². The molecule has 0 aliphatic carbocycles. The molecule has 0 fully saturated rings. The van der Waals surface area contributed by atoms with Crippen molar-refractivity contribution >= 4 is 12.2 Å². The first-order valence-electron chi connectivity index (χ1n) is 6.48. The predicted octanol–water partition coefficient (Wildman–Crippen LogP) is 3.81. The smallest absolute Gasteiger partial charge is 0.164 e. The first-order chi connectivity index (χ1) is 10.2. The molecule has 110 valence electrons. The van der Waals surface area contributed by atoms with E-state index in [0.717, 1.165) is 11.4 Å². The van der Waals surface area contributed by atoms with E-state index in [-0.39, 0.29) is 12.4 Å². The van der Waals surface area contributed by atoms with Crippen LogP contribution in [0.2, 0.25) is 0 Å². The molecule has 0 bridgehead atoms. The van der Waals surface area contributed by atoms with Gasteiger partial charge in [-0.3, -0.25) is 0 Å². The summed E-state index contributed by atoms with van der Waals surface area (Å²) in [5.74, 6) is 1.05. The van der Waals surface area contributed by atoms with Gasteiger partial charge in [-0.1, -0.05) is 12.7 Å². The summed E-state index contributed by atoms with van der Waals surface area (Å²) in [7, 11) is 1.51. The molecule has 1 aromatic heterocycles. The van der Waals surface area contributed by atoms with Gasteiger partial charge in [0.2, 0.25) is 0 Å². The normalized spacial score (nSPS) is 10.8. The van der Waals surface area contributed by atoms with Gasteiger partial charge in [-0.15, -0.1) is 0 Å². The lowest BCUT2D eigenvalue weighted by Crippen LogP contribution is -2.00. The second-order valence-corrected chi connectivity index (χ2v) is 4.27. The Labute approximate surface area is 122 Å². The van der Waals surface area contributed by atoms with Crippen molar-refractivity contribution in [2.24, 2.45) is 0 Å². The summed E-state index contributed by atoms with van der Waals surface area (Å²) in [6.45, 7) is 5.81. The molecule has 0 radical (unpaired) electrons. The Bertz CT molecular complexity index is 662. The van der Waals surface area contributed by atoms with Crippen LogP contribution < -0.4 is 9.47 Å². The number of allylic oxidation sites excluding steroid dienone is 1. The van der Waals surface area contributed by atoms with Crippen molar-refractivity contribution in [2.75, 3.05) is 7.11 Å². The van der Waals surface area contributed by atoms with Gasteiger partial charge in [-0.25, -0.2) is 9.37 Å². The standard InChI is InChI=1S/C16H17FN2O2/c1-4-6-13-12(5-2)18-16(19-13)10-21-15-9-11(17)7-8-14(15)20-3/h4-9H,2,10H2,1,3H3,(H,18,19)/b6-4-. The lowest BCUT2D eigenvalue weighted by Gasteiger charge is -2.09. The summed E-state index contributed by atoms with van der Waals surface area (Å²) >= 11 is 0. The molecule has 0 saturated carbocycles. The number of hydrogen-bond donors (Lipinski definition) is 1. The Morgan fingerprint density at radius 1 is 1.38 bits per heavy atom. The fourth-order valence-electron chi connectivity index (χ4n) is 1.88. The molecule has 1 N–H and O–H groups in total. The van der Waals surface area contributed by atoms with Crippen LogP contribution in [0.25, 0.3) is 12.2 Å². The number of halogens is 1. The van der Waals surface area contributed by atoms with Crippen molar-refractivity contribution in [2.45, 2.75) is 13.5 Å². The highest BCUT2D eigenvalue weighted by molar-refractivity contribution is 5.58. The third kappa shape index (κ3) is 3.51. The topological polar surface area (TPSA) is 47.1 Å². The molecule has 4 nitrogen and oxygen atoms in total. The molecule has 0 unspecified atom stereocenters. The van der Waals surface area contributed by atoms with E-state index >= 15 is 0 Å². The molecule has 1 aromatic carbocycles. The number of ether oxygens (including phenoxy) is 2. The zero-order chi connectivity index (χ0) is 15.2. The van der Waals surface area contributed by atoms with Crippen LogP contribution in [-0.2, 0) is 6.61 Å². The van der Waals surface area contributed by atoms with E-state index in [9.17, 15) is 4.39 Å². The Hall–Kier alpha value is -2.56. The molecule has 0 atom stereocenters. The Morgan fingerprint density at radius 3 is 2.86 bits per heavy atom. The highest BCUT2D eigenvalue weighted by Crippen LogP contribution is 2.28. The number of rotatable bonds is 6. The summed E-state index contributed by atoms with van der Waals surface area (Å²) in [5, 5.41) is 0. The molecule has 2 rings (SSSR count). The molecule has 0 aliphatic heterocycles. The quantitative estimate of drug-likeness (QED) is 0.879. The van der Waals surface area contributed by atoms with Gasteiger partial charge in [-0.05, 0) is 31.2 Å². The minimum atomic E-state index is -0.383. The zero-order valence-corrected chi connectivity index (χ0v) is 12.0. The molecule has 5 heteroatoms. The van der Waals surface area contributed by atoms with E-state index in [2.05, 4.69) is 16.5 Å². The minimum Gasteiger partial charge on any atom is -0.493 e. The minimum absolute atomic E-state index is 0.179. The molecule has 0 saturated heterocycles. The monoisotopic (exact) mass is 288 g/mol. The fraction of sp³-hybridized carbons (Fsp3) is 0.188. The zero-order valence-electron chi connectivity index (χ0n) is 12.0. The molecule has 0 amide bonds. The van der Waals surface area contributed by atoms with Gasteiger partial charge in [0.05, 0.1) is 18.5 Å². The van der Waals surface area contributed by atoms with E-state index < -0.39 is 0 Å². The molecular formula is C16H17FN2O2. The average Bonchev–Trinajstić information content (AvgIpc) is 2.88. The number of aromatic nitrogens is 2. The van der Waals surface area contributed by atoms with Crippen molar-refractivity contribution < 1.29 is 13.9 Å². The lowest BCUT2D eigenvalue weighted by molar-refractivity contribution is 0.275. The van der Waals surface area contributed by atoms with Crippen LogP contribution in [0.5, 0.6) is 11.5 Å². The van der Waals surface area contributed by atoms with Crippen molar-refractivity contribution in [3.8, 4) is 11.5 Å². The number of aromatic amines is 1. The van der Waals surface area contributed by atoms with Crippen LogP contribution in [0.4, 0.5) is 4.39 Å². The van der Waals surface area contributed by atoms with Crippen LogP contribution in [0.3, 0.4) is 0 Å². The summed E-state index contributed by atoms with van der Waals surface area (Å²) in [6.07, 6.45) is 5.47. The van der Waals surface area contributed by atoms with Gasteiger partial charge in [0.25, 0.3) is 0 Å². The maximum Gasteiger partial charge on any atom is 0.164 e. The van der Waals surface area contributed by atoms with E-state index in [4.69, 9.17) is 9.47 Å². The van der Waals surface area contributed by atoms with E-state index in [0.29, 0.717) is 17.3 Å². The highest BCUT2D eigenvalue weighted by Gasteiger charge is 2.09. The number of benzene rings is 1. The molecular weight excluding hydrogens is 271 g/mol. The van der Waals surface area contributed by atoms with Gasteiger partial charge in [0.1, 0.15) is 18.2 Å². The summed E-state index contributed by atoms with van der Waals surface area (Å²) in [6, 6.07) is 4.12. The molecule has 21 heavy (non-hydrogen) atoms. The van der Waals surface area contributed by atoms with E-state index in [1.807, 2.05) is 19.1 Å². The number of nitrogens with one attached hydrogen (secondary N) is 1. The van der Waals surface area contributed by atoms with Crippen molar-refractivity contribution in [1.82, 2.24) is 9.97 Å². The largest absolute Gasteiger partial charge is 0.493 e. The van der Waals surface area contributed by atoms with Gasteiger partial charge in [0.15, 0.2) is 11.5 Å². The van der Waals surface area contributed by atoms with Crippen LogP contribution in [0.1, 0.15) is 24.1 Å². The van der Waals surface area contributed by atoms with Crippen LogP contribution in [0, 0.1) is 5.82 Å². The summed E-state index contributed by atoms with van der Waals surface area (Å²) in [4.78, 5) is 7.48. The Kier molecular flexibility index (Phi) is 4.77. The lowest BCUT2D eigenvalue weighted by atomic mass is 10.3. The molecule has 0 spiro atoms. The summed E-state index contributed by atoms with van der Waals surface area (Å²) in [5.41, 5.74) is 1.61. The fourth-order valence-corrected chi connectivity index (χ4v) is 1.88. The number of imidazole rings is 1. The number of methoxy groups -OCH3 is 1. The second kappa shape index (κ2) is 6.74. The number of nitrogens with zero attached hydrogens (tertiary/aromatic N) is 1. The van der Waals surface area contributed by atoms with Crippen molar-refractivity contribution in [3.63, 3.8) is 0 Å². The van der Waals surface area contributed by atoms with E-state index in [1.165, 1.54) is 25.3 Å². The highest BCUT2D eigenvalue weighted by atomic mass is 19.1. The van der Waals surface area contributed by atoms with Crippen LogP contribution in [0.15, 0.2) is 30.9 Å². The second-order valence-electron chi connectivity index (χ2n) is 4.27. The third-order valence-corrected chi connectivity index (χ3v) is 2.83. The van der Waals surface area contributed by atoms with Crippen molar-refractivity contribution in [1.29, 1.82) is 0 Å². The number of hydrogen-bond acceptors (Lipinski definition) is 3. The number of H-pyrrole nitrogens is 1. The average molecular weight is 288 g/mol. The molecule has 1 heterocycles. The third-order valence-electron chi connectivity index (χ3n) is 2.83. The first kappa shape index (κ1) is 14.8.